The predicted octanol–water partition coefficient (Wildman–Crippen LogP) is 1.98. The number of hydrogen-bond acceptors (Lipinski definition) is 6. The van der Waals surface area contributed by atoms with Crippen LogP contribution in [0.1, 0.15) is 23.2 Å². The molecule has 0 N–H and O–H groups in total. The number of hydrogen-bond donors (Lipinski definition) is 0. The van der Waals surface area contributed by atoms with E-state index >= 15 is 0 Å². The molecule has 1 aliphatic heterocycles. The maximum atomic E-state index is 12.7. The second-order valence-electron chi connectivity index (χ2n) is 7.32. The first-order chi connectivity index (χ1) is 13.8. The largest absolute Gasteiger partial charge is 0.339 e. The topological polar surface area (TPSA) is 73.8 Å². The molecule has 0 aliphatic carbocycles. The molecule has 7 nitrogen and oxygen atoms in total. The molecule has 1 amide bonds. The SMILES string of the molecule is CCc1nc(CN2CCN(C(=O)CN(C)S(=O)(=O)c3ccc(C)cc3)CC2)cs1. The van der Waals surface area contributed by atoms with Crippen LogP contribution in [0, 0.1) is 6.92 Å². The second kappa shape index (κ2) is 9.34. The summed E-state index contributed by atoms with van der Waals surface area (Å²) in [6.45, 7) is 7.37. The minimum atomic E-state index is -3.67. The quantitative estimate of drug-likeness (QED) is 0.664. The third-order valence-corrected chi connectivity index (χ3v) is 7.96. The van der Waals surface area contributed by atoms with Crippen molar-refractivity contribution in [3.8, 4) is 0 Å². The van der Waals surface area contributed by atoms with Gasteiger partial charge in [-0.15, -0.1) is 11.3 Å². The van der Waals surface area contributed by atoms with Crippen LogP contribution in [0.4, 0.5) is 0 Å². The molecule has 2 heterocycles. The van der Waals surface area contributed by atoms with Gasteiger partial charge in [-0.2, -0.15) is 4.31 Å². The Bertz CT molecular complexity index is 933. The zero-order chi connectivity index (χ0) is 21.0. The van der Waals surface area contributed by atoms with Crippen molar-refractivity contribution in [2.24, 2.45) is 0 Å². The monoisotopic (exact) mass is 436 g/mol. The Kier molecular flexibility index (Phi) is 7.05. The maximum Gasteiger partial charge on any atom is 0.243 e. The molecular weight excluding hydrogens is 408 g/mol. The predicted molar refractivity (Wildman–Crippen MR) is 114 cm³/mol. The van der Waals surface area contributed by atoms with Crippen LogP contribution >= 0.6 is 11.3 Å². The number of nitrogens with zero attached hydrogens (tertiary/aromatic N) is 4. The van der Waals surface area contributed by atoms with E-state index in [-0.39, 0.29) is 17.3 Å². The lowest BCUT2D eigenvalue weighted by Crippen LogP contribution is -2.51. The summed E-state index contributed by atoms with van der Waals surface area (Å²) in [5.41, 5.74) is 2.07. The number of amides is 1. The Hall–Kier alpha value is -1.81. The van der Waals surface area contributed by atoms with Gasteiger partial charge in [-0.25, -0.2) is 13.4 Å². The molecule has 1 aliphatic rings. The Balaban J connectivity index is 1.51. The van der Waals surface area contributed by atoms with Crippen molar-refractivity contribution in [1.82, 2.24) is 19.1 Å². The normalized spacial score (nSPS) is 15.8. The van der Waals surface area contributed by atoms with Crippen molar-refractivity contribution in [3.63, 3.8) is 0 Å². The highest BCUT2D eigenvalue weighted by Crippen LogP contribution is 2.16. The molecule has 158 valence electrons. The number of aryl methyl sites for hydroxylation is 2. The summed E-state index contributed by atoms with van der Waals surface area (Å²) in [5.74, 6) is -0.162. The lowest BCUT2D eigenvalue weighted by atomic mass is 10.2. The Morgan fingerprint density at radius 2 is 1.83 bits per heavy atom. The van der Waals surface area contributed by atoms with E-state index in [1.54, 1.807) is 40.5 Å². The van der Waals surface area contributed by atoms with Crippen molar-refractivity contribution in [3.05, 3.63) is 45.9 Å². The van der Waals surface area contributed by atoms with Gasteiger partial charge in [0.25, 0.3) is 0 Å². The number of sulfonamides is 1. The molecular formula is C20H28N4O3S2. The summed E-state index contributed by atoms with van der Waals surface area (Å²) in [7, 11) is -2.22. The van der Waals surface area contributed by atoms with Gasteiger partial charge in [0.05, 0.1) is 22.1 Å². The smallest absolute Gasteiger partial charge is 0.243 e. The van der Waals surface area contributed by atoms with Crippen molar-refractivity contribution in [2.75, 3.05) is 39.8 Å². The highest BCUT2D eigenvalue weighted by molar-refractivity contribution is 7.89. The van der Waals surface area contributed by atoms with Crippen LogP contribution in [0.5, 0.6) is 0 Å². The van der Waals surface area contributed by atoms with E-state index in [0.717, 1.165) is 46.6 Å². The van der Waals surface area contributed by atoms with Gasteiger partial charge in [-0.3, -0.25) is 9.69 Å². The lowest BCUT2D eigenvalue weighted by Gasteiger charge is -2.35. The van der Waals surface area contributed by atoms with Crippen molar-refractivity contribution >= 4 is 27.3 Å². The molecule has 9 heteroatoms. The highest BCUT2D eigenvalue weighted by atomic mass is 32.2. The highest BCUT2D eigenvalue weighted by Gasteiger charge is 2.27. The number of aromatic nitrogens is 1. The minimum Gasteiger partial charge on any atom is -0.339 e. The molecule has 0 radical (unpaired) electrons. The molecule has 0 bridgehead atoms. The fourth-order valence-electron chi connectivity index (χ4n) is 3.23. The third kappa shape index (κ3) is 5.42. The van der Waals surface area contributed by atoms with Crippen LogP contribution < -0.4 is 0 Å². The molecule has 29 heavy (non-hydrogen) atoms. The zero-order valence-corrected chi connectivity index (χ0v) is 18.8. The van der Waals surface area contributed by atoms with Crippen LogP contribution in [0.15, 0.2) is 34.5 Å². The molecule has 0 spiro atoms. The Morgan fingerprint density at radius 1 is 1.17 bits per heavy atom. The molecule has 1 saturated heterocycles. The second-order valence-corrected chi connectivity index (χ2v) is 10.3. The fourth-order valence-corrected chi connectivity index (χ4v) is 5.09. The fraction of sp³-hybridized carbons (Fsp3) is 0.500. The lowest BCUT2D eigenvalue weighted by molar-refractivity contribution is -0.133. The van der Waals surface area contributed by atoms with Crippen molar-refractivity contribution < 1.29 is 13.2 Å². The number of carbonyl (C=O) groups is 1. The van der Waals surface area contributed by atoms with Crippen LogP contribution in [-0.2, 0) is 27.8 Å². The molecule has 1 fully saturated rings. The van der Waals surface area contributed by atoms with E-state index in [2.05, 4.69) is 22.2 Å². The first-order valence-electron chi connectivity index (χ1n) is 9.76. The van der Waals surface area contributed by atoms with Crippen LogP contribution in [0.25, 0.3) is 0 Å². The van der Waals surface area contributed by atoms with Gasteiger partial charge in [-0.05, 0) is 25.5 Å². The van der Waals surface area contributed by atoms with Crippen LogP contribution in [-0.4, -0.2) is 73.2 Å². The maximum absolute atomic E-state index is 12.7. The number of piperazine rings is 1. The number of thiazole rings is 1. The molecule has 1 aromatic carbocycles. The molecule has 1 aromatic heterocycles. The first kappa shape index (κ1) is 21.9. The van der Waals surface area contributed by atoms with Crippen LogP contribution in [0.3, 0.4) is 0 Å². The molecule has 2 aromatic rings. The van der Waals surface area contributed by atoms with Crippen molar-refractivity contribution in [2.45, 2.75) is 31.7 Å². The van der Waals surface area contributed by atoms with E-state index in [4.69, 9.17) is 0 Å². The molecule has 3 rings (SSSR count). The van der Waals surface area contributed by atoms with Crippen LogP contribution in [0.2, 0.25) is 0 Å². The van der Waals surface area contributed by atoms with E-state index < -0.39 is 10.0 Å². The molecule has 0 unspecified atom stereocenters. The third-order valence-electron chi connectivity index (χ3n) is 5.10. The molecule has 0 atom stereocenters. The molecule has 0 saturated carbocycles. The van der Waals surface area contributed by atoms with Gasteiger partial charge in [0.2, 0.25) is 15.9 Å². The minimum absolute atomic E-state index is 0.151. The standard InChI is InChI=1S/C20H28N4O3S2/c1-4-19-21-17(15-28-19)13-23-9-11-24(12-10-23)20(25)14-22(3)29(26,27)18-7-5-16(2)6-8-18/h5-8,15H,4,9-14H2,1-3H3. The summed E-state index contributed by atoms with van der Waals surface area (Å²) < 4.78 is 26.5. The summed E-state index contributed by atoms with van der Waals surface area (Å²) in [6, 6.07) is 6.67. The van der Waals surface area contributed by atoms with Gasteiger partial charge >= 0.3 is 0 Å². The number of rotatable bonds is 7. The number of benzene rings is 1. The summed E-state index contributed by atoms with van der Waals surface area (Å²) in [4.78, 5) is 21.5. The Morgan fingerprint density at radius 3 is 2.41 bits per heavy atom. The number of likely N-dealkylation sites (N-methyl/N-ethyl adjacent to an activating group) is 1. The zero-order valence-electron chi connectivity index (χ0n) is 17.2. The van der Waals surface area contributed by atoms with E-state index in [1.807, 2.05) is 6.92 Å². The van der Waals surface area contributed by atoms with Gasteiger partial charge in [0, 0.05) is 45.2 Å². The van der Waals surface area contributed by atoms with E-state index in [9.17, 15) is 13.2 Å². The van der Waals surface area contributed by atoms with Crippen molar-refractivity contribution in [1.29, 1.82) is 0 Å². The Labute approximate surface area is 177 Å². The summed E-state index contributed by atoms with van der Waals surface area (Å²) >= 11 is 1.69. The average molecular weight is 437 g/mol. The van der Waals surface area contributed by atoms with E-state index in [1.165, 1.54) is 7.05 Å². The van der Waals surface area contributed by atoms with Gasteiger partial charge in [0.15, 0.2) is 0 Å². The summed E-state index contributed by atoms with van der Waals surface area (Å²) in [5, 5.41) is 3.24. The van der Waals surface area contributed by atoms with E-state index in [0.29, 0.717) is 13.1 Å². The van der Waals surface area contributed by atoms with Gasteiger partial charge in [0.1, 0.15) is 0 Å². The number of carbonyl (C=O) groups excluding carboxylic acids is 1. The van der Waals surface area contributed by atoms with Gasteiger partial charge < -0.3 is 4.90 Å². The summed E-state index contributed by atoms with van der Waals surface area (Å²) in [6.07, 6.45) is 0.950. The first-order valence-corrected chi connectivity index (χ1v) is 12.1. The average Bonchev–Trinajstić information content (AvgIpc) is 3.16. The van der Waals surface area contributed by atoms with Gasteiger partial charge in [-0.1, -0.05) is 24.6 Å².